The van der Waals surface area contributed by atoms with Crippen LogP contribution in [0.5, 0.6) is 17.2 Å². The molecule has 0 aliphatic carbocycles. The van der Waals surface area contributed by atoms with Gasteiger partial charge in [0.25, 0.3) is 0 Å². The maximum absolute atomic E-state index is 12.5. The van der Waals surface area contributed by atoms with E-state index in [1.54, 1.807) is 60.6 Å². The van der Waals surface area contributed by atoms with E-state index in [0.29, 0.717) is 49.1 Å². The van der Waals surface area contributed by atoms with Crippen molar-refractivity contribution in [3.63, 3.8) is 0 Å². The van der Waals surface area contributed by atoms with Gasteiger partial charge < -0.3 is 23.8 Å². The van der Waals surface area contributed by atoms with Gasteiger partial charge in [0.1, 0.15) is 17.2 Å². The predicted molar refractivity (Wildman–Crippen MR) is 108 cm³/mol. The third kappa shape index (κ3) is 5.36. The van der Waals surface area contributed by atoms with Crippen LogP contribution in [-0.4, -0.2) is 57.3 Å². The summed E-state index contributed by atoms with van der Waals surface area (Å²) in [6, 6.07) is 12.0. The van der Waals surface area contributed by atoms with Crippen molar-refractivity contribution in [2.24, 2.45) is 0 Å². The maximum Gasteiger partial charge on any atom is 0.415 e. The van der Waals surface area contributed by atoms with Crippen LogP contribution in [0.25, 0.3) is 6.08 Å². The van der Waals surface area contributed by atoms with E-state index in [1.807, 2.05) is 0 Å². The minimum Gasteiger partial charge on any atom is -0.497 e. The smallest absolute Gasteiger partial charge is 0.415 e. The number of amides is 1. The van der Waals surface area contributed by atoms with Crippen molar-refractivity contribution >= 4 is 18.0 Å². The van der Waals surface area contributed by atoms with E-state index < -0.39 is 6.09 Å². The van der Waals surface area contributed by atoms with E-state index in [1.165, 1.54) is 13.2 Å². The minimum absolute atomic E-state index is 0.205. The molecule has 3 rings (SSSR count). The number of methoxy groups -OCH3 is 2. The van der Waals surface area contributed by atoms with Gasteiger partial charge in [-0.1, -0.05) is 18.2 Å². The molecule has 0 aromatic heterocycles. The number of carbonyl (C=O) groups is 2. The second kappa shape index (κ2) is 9.75. The SMILES string of the molecule is COc1ccc(OC)c(C(=O)C=Cc2ccc(OC(=O)N3CCOCC3)cc2)c1. The molecule has 1 amide bonds. The van der Waals surface area contributed by atoms with E-state index in [0.717, 1.165) is 5.56 Å². The van der Waals surface area contributed by atoms with E-state index in [9.17, 15) is 9.59 Å². The van der Waals surface area contributed by atoms with E-state index in [2.05, 4.69) is 0 Å². The molecule has 1 saturated heterocycles. The molecule has 1 aliphatic heterocycles. The predicted octanol–water partition coefficient (Wildman–Crippen LogP) is 3.43. The summed E-state index contributed by atoms with van der Waals surface area (Å²) in [6.07, 6.45) is 2.76. The first-order valence-corrected chi connectivity index (χ1v) is 9.19. The van der Waals surface area contributed by atoms with Crippen LogP contribution < -0.4 is 14.2 Å². The summed E-state index contributed by atoms with van der Waals surface area (Å²) in [5.74, 6) is 1.29. The molecule has 7 heteroatoms. The van der Waals surface area contributed by atoms with Crippen LogP contribution in [-0.2, 0) is 4.74 Å². The van der Waals surface area contributed by atoms with Crippen LogP contribution >= 0.6 is 0 Å². The number of benzene rings is 2. The van der Waals surface area contributed by atoms with E-state index in [4.69, 9.17) is 18.9 Å². The Morgan fingerprint density at radius 2 is 1.66 bits per heavy atom. The molecular formula is C22H23NO6. The number of carbonyl (C=O) groups excluding carboxylic acids is 2. The summed E-state index contributed by atoms with van der Waals surface area (Å²) >= 11 is 0. The van der Waals surface area contributed by atoms with Gasteiger partial charge in [-0.25, -0.2) is 4.79 Å². The quantitative estimate of drug-likeness (QED) is 0.549. The highest BCUT2D eigenvalue weighted by atomic mass is 16.6. The molecule has 0 atom stereocenters. The van der Waals surface area contributed by atoms with Gasteiger partial charge in [0.15, 0.2) is 5.78 Å². The molecule has 2 aromatic rings. The lowest BCUT2D eigenvalue weighted by molar-refractivity contribution is 0.0416. The van der Waals surface area contributed by atoms with Gasteiger partial charge >= 0.3 is 6.09 Å². The summed E-state index contributed by atoms with van der Waals surface area (Å²) in [4.78, 5) is 26.3. The van der Waals surface area contributed by atoms with Gasteiger partial charge in [-0.05, 0) is 42.0 Å². The molecular weight excluding hydrogens is 374 g/mol. The fourth-order valence-corrected chi connectivity index (χ4v) is 2.83. The van der Waals surface area contributed by atoms with Crippen LogP contribution in [0.2, 0.25) is 0 Å². The number of ketones is 1. The van der Waals surface area contributed by atoms with Crippen LogP contribution in [0.1, 0.15) is 15.9 Å². The zero-order valence-electron chi connectivity index (χ0n) is 16.4. The largest absolute Gasteiger partial charge is 0.497 e. The first-order chi connectivity index (χ1) is 14.1. The Hall–Kier alpha value is -3.32. The molecule has 0 unspecified atom stereocenters. The van der Waals surface area contributed by atoms with E-state index in [-0.39, 0.29) is 5.78 Å². The second-order valence-electron chi connectivity index (χ2n) is 6.30. The fraction of sp³-hybridized carbons (Fsp3) is 0.273. The number of morpholine rings is 1. The van der Waals surface area contributed by atoms with Gasteiger partial charge in [0.05, 0.1) is 33.0 Å². The number of rotatable bonds is 6. The number of hydrogen-bond donors (Lipinski definition) is 0. The Morgan fingerprint density at radius 1 is 0.966 bits per heavy atom. The molecule has 152 valence electrons. The Balaban J connectivity index is 1.64. The molecule has 29 heavy (non-hydrogen) atoms. The highest BCUT2D eigenvalue weighted by Gasteiger charge is 2.18. The van der Waals surface area contributed by atoms with Crippen molar-refractivity contribution in [2.75, 3.05) is 40.5 Å². The van der Waals surface area contributed by atoms with Gasteiger partial charge in [-0.2, -0.15) is 0 Å². The lowest BCUT2D eigenvalue weighted by Gasteiger charge is -2.25. The van der Waals surface area contributed by atoms with Gasteiger partial charge in [0, 0.05) is 13.1 Å². The molecule has 0 radical (unpaired) electrons. The third-order valence-corrected chi connectivity index (χ3v) is 4.45. The number of ether oxygens (including phenoxy) is 4. The van der Waals surface area contributed by atoms with Crippen LogP contribution in [0.4, 0.5) is 4.79 Å². The molecule has 7 nitrogen and oxygen atoms in total. The molecule has 1 heterocycles. The summed E-state index contributed by atoms with van der Waals surface area (Å²) < 4.78 is 21.0. The summed E-state index contributed by atoms with van der Waals surface area (Å²) in [7, 11) is 3.05. The van der Waals surface area contributed by atoms with Crippen LogP contribution in [0, 0.1) is 0 Å². The van der Waals surface area contributed by atoms with Crippen molar-refractivity contribution in [3.8, 4) is 17.2 Å². The van der Waals surface area contributed by atoms with Crippen LogP contribution in [0.15, 0.2) is 48.5 Å². The highest BCUT2D eigenvalue weighted by molar-refractivity contribution is 6.08. The average Bonchev–Trinajstić information content (AvgIpc) is 2.78. The fourth-order valence-electron chi connectivity index (χ4n) is 2.83. The molecule has 0 spiro atoms. The zero-order valence-corrected chi connectivity index (χ0v) is 16.4. The summed E-state index contributed by atoms with van der Waals surface area (Å²) in [5, 5.41) is 0. The molecule has 1 fully saturated rings. The van der Waals surface area contributed by atoms with Crippen LogP contribution in [0.3, 0.4) is 0 Å². The van der Waals surface area contributed by atoms with Gasteiger partial charge in [-0.15, -0.1) is 0 Å². The first kappa shape index (κ1) is 20.4. The zero-order chi connectivity index (χ0) is 20.6. The van der Waals surface area contributed by atoms with Crippen molar-refractivity contribution < 1.29 is 28.5 Å². The second-order valence-corrected chi connectivity index (χ2v) is 6.30. The van der Waals surface area contributed by atoms with E-state index >= 15 is 0 Å². The monoisotopic (exact) mass is 397 g/mol. The normalized spacial score (nSPS) is 13.9. The molecule has 0 N–H and O–H groups in total. The number of hydrogen-bond acceptors (Lipinski definition) is 6. The summed E-state index contributed by atoms with van der Waals surface area (Å²) in [6.45, 7) is 2.08. The molecule has 1 aliphatic rings. The molecule has 2 aromatic carbocycles. The maximum atomic E-state index is 12.5. The van der Waals surface area contributed by atoms with Crippen molar-refractivity contribution in [3.05, 3.63) is 59.7 Å². The number of allylic oxidation sites excluding steroid dienone is 1. The van der Waals surface area contributed by atoms with Crippen molar-refractivity contribution in [2.45, 2.75) is 0 Å². The third-order valence-electron chi connectivity index (χ3n) is 4.45. The lowest BCUT2D eigenvalue weighted by Crippen LogP contribution is -2.42. The minimum atomic E-state index is -0.392. The Kier molecular flexibility index (Phi) is 6.86. The first-order valence-electron chi connectivity index (χ1n) is 9.19. The standard InChI is InChI=1S/C22H23NO6/c1-26-18-8-10-21(27-2)19(15-18)20(24)9-5-16-3-6-17(7-4-16)29-22(25)23-11-13-28-14-12-23/h3-10,15H,11-14H2,1-2H3. The lowest BCUT2D eigenvalue weighted by atomic mass is 10.1. The topological polar surface area (TPSA) is 74.3 Å². The van der Waals surface area contributed by atoms with Crippen molar-refractivity contribution in [1.82, 2.24) is 4.90 Å². The molecule has 0 bridgehead atoms. The Bertz CT molecular complexity index is 885. The van der Waals surface area contributed by atoms with Gasteiger partial charge in [0.2, 0.25) is 0 Å². The van der Waals surface area contributed by atoms with Gasteiger partial charge in [-0.3, -0.25) is 4.79 Å². The number of nitrogens with zero attached hydrogens (tertiary/aromatic N) is 1. The Morgan fingerprint density at radius 3 is 2.31 bits per heavy atom. The highest BCUT2D eigenvalue weighted by Crippen LogP contribution is 2.25. The molecule has 0 saturated carbocycles. The van der Waals surface area contributed by atoms with Crippen molar-refractivity contribution in [1.29, 1.82) is 0 Å². The summed E-state index contributed by atoms with van der Waals surface area (Å²) in [5.41, 5.74) is 1.21. The average molecular weight is 397 g/mol. The Labute approximate surface area is 169 Å².